The molecule has 0 bridgehead atoms. The molecule has 1 aromatic carbocycles. The van der Waals surface area contributed by atoms with Gasteiger partial charge >= 0.3 is 46.3 Å². The van der Waals surface area contributed by atoms with Crippen molar-refractivity contribution in [1.29, 1.82) is 0 Å². The van der Waals surface area contributed by atoms with E-state index in [0.29, 0.717) is 16.9 Å². The molecule has 0 aliphatic heterocycles. The van der Waals surface area contributed by atoms with Crippen LogP contribution in [0, 0.1) is 13.3 Å². The van der Waals surface area contributed by atoms with Gasteiger partial charge < -0.3 is 19.3 Å². The maximum Gasteiger partial charge on any atom is 3.00 e. The van der Waals surface area contributed by atoms with Gasteiger partial charge in [0.1, 0.15) is 5.75 Å². The molecule has 6 nitrogen and oxygen atoms in total. The molecule has 8 heteroatoms. The molecule has 1 rings (SSSR count). The predicted molar refractivity (Wildman–Crippen MR) is 101 cm³/mol. The summed E-state index contributed by atoms with van der Waals surface area (Å²) in [6, 6.07) is 3.74. The van der Waals surface area contributed by atoms with Crippen molar-refractivity contribution in [1.82, 2.24) is 0 Å². The van der Waals surface area contributed by atoms with Crippen LogP contribution in [-0.4, -0.2) is 29.0 Å². The molecule has 0 radical (unpaired) electrons. The van der Waals surface area contributed by atoms with E-state index < -0.39 is 19.7 Å². The molecule has 2 N–H and O–H groups in total. The van der Waals surface area contributed by atoms with Gasteiger partial charge in [-0.3, -0.25) is 11.0 Å². The molecule has 0 unspecified atom stereocenters. The molecule has 27 heavy (non-hydrogen) atoms. The number of aryl methyl sites for hydroxylation is 1. The summed E-state index contributed by atoms with van der Waals surface area (Å²) in [4.78, 5) is 30.1. The molecule has 0 heterocycles. The summed E-state index contributed by atoms with van der Waals surface area (Å²) in [5.41, 5.74) is 2.40. The largest absolute Gasteiger partial charge is 3.00 e. The normalized spacial score (nSPS) is 11.5. The Bertz CT molecular complexity index is 718. The van der Waals surface area contributed by atoms with E-state index in [0.717, 1.165) is 11.1 Å². The van der Waals surface area contributed by atoms with Crippen LogP contribution in [0.4, 0.5) is 0 Å². The van der Waals surface area contributed by atoms with Gasteiger partial charge in [0, 0.05) is 11.1 Å². The fourth-order valence-electron chi connectivity index (χ4n) is 2.27. The molecule has 0 fully saturated rings. The van der Waals surface area contributed by atoms with Gasteiger partial charge in [-0.25, -0.2) is 4.79 Å². The van der Waals surface area contributed by atoms with Gasteiger partial charge in [0.25, 0.3) is 0 Å². The molecule has 0 aromatic heterocycles. The number of carbonyl (C=O) groups is 1. The molecule has 0 aliphatic carbocycles. The predicted octanol–water partition coefficient (Wildman–Crippen LogP) is 3.67. The van der Waals surface area contributed by atoms with Crippen LogP contribution >= 0.6 is 7.60 Å². The standard InChI is InChI=1S/C19H28O6P.Y/c1-13(2)18(20)25-9-7-8-24-17-14(3)10-16(19(4,5)6)11-15(17)12-26(21,22)23;/h7,10-11H,1,8-9,12H2,2-6H3,(H2,21,22,23);/q-1;+3. The molecular formula is C19H28O6PY+2. The molecule has 0 spiro atoms. The van der Waals surface area contributed by atoms with Crippen LogP contribution in [0.5, 0.6) is 5.75 Å². The van der Waals surface area contributed by atoms with Gasteiger partial charge in [-0.2, -0.15) is 0 Å². The number of ether oxygens (including phenoxy) is 2. The molecule has 0 saturated carbocycles. The summed E-state index contributed by atoms with van der Waals surface area (Å²) in [7, 11) is -4.24. The van der Waals surface area contributed by atoms with Crippen LogP contribution in [-0.2, 0) is 58.4 Å². The Kier molecular flexibility index (Phi) is 10.7. The maximum atomic E-state index is 11.5. The van der Waals surface area contributed by atoms with Crippen LogP contribution in [0.25, 0.3) is 0 Å². The first kappa shape index (κ1) is 26.5. The number of esters is 1. The fraction of sp³-hybridized carbons (Fsp3) is 0.474. The van der Waals surface area contributed by atoms with Crippen molar-refractivity contribution in [2.45, 2.75) is 46.2 Å². The minimum Gasteiger partial charge on any atom is -0.524 e. The molecule has 146 valence electrons. The second-order valence-electron chi connectivity index (χ2n) is 7.33. The van der Waals surface area contributed by atoms with Gasteiger partial charge in [0.15, 0.2) is 0 Å². The summed E-state index contributed by atoms with van der Waals surface area (Å²) in [5.74, 6) is -0.0297. The fourth-order valence-corrected chi connectivity index (χ4v) is 2.95. The number of hydrogen-bond acceptors (Lipinski definition) is 4. The Morgan fingerprint density at radius 1 is 1.26 bits per heavy atom. The number of rotatable bonds is 8. The summed E-state index contributed by atoms with van der Waals surface area (Å²) in [6.07, 6.45) is 1.23. The second-order valence-corrected chi connectivity index (χ2v) is 8.98. The maximum absolute atomic E-state index is 11.5. The first-order valence-corrected chi connectivity index (χ1v) is 10.1. The first-order valence-electron chi connectivity index (χ1n) is 8.27. The first-order chi connectivity index (χ1) is 11.8. The van der Waals surface area contributed by atoms with Crippen molar-refractivity contribution < 1.29 is 61.3 Å². The van der Waals surface area contributed by atoms with E-state index in [4.69, 9.17) is 9.47 Å². The van der Waals surface area contributed by atoms with Crippen molar-refractivity contribution in [2.75, 3.05) is 13.2 Å². The number of carbonyl (C=O) groups excluding carboxylic acids is 1. The van der Waals surface area contributed by atoms with E-state index in [1.807, 2.05) is 33.8 Å². The minimum atomic E-state index is -4.24. The smallest absolute Gasteiger partial charge is 0.524 e. The summed E-state index contributed by atoms with van der Waals surface area (Å²) in [6.45, 7) is 13.2. The van der Waals surface area contributed by atoms with Gasteiger partial charge in [-0.15, -0.1) is 0 Å². The van der Waals surface area contributed by atoms with Crippen LogP contribution in [0.1, 0.15) is 44.4 Å². The van der Waals surface area contributed by atoms with Crippen LogP contribution in [0.2, 0.25) is 0 Å². The zero-order chi connectivity index (χ0) is 20.1. The van der Waals surface area contributed by atoms with Crippen LogP contribution in [0.15, 0.2) is 24.3 Å². The van der Waals surface area contributed by atoms with E-state index in [1.54, 1.807) is 19.4 Å². The average molecular weight is 472 g/mol. The molecule has 0 amide bonds. The topological polar surface area (TPSA) is 93.1 Å². The Labute approximate surface area is 186 Å². The van der Waals surface area contributed by atoms with Crippen LogP contribution < -0.4 is 4.74 Å². The summed E-state index contributed by atoms with van der Waals surface area (Å²) in [5, 5.41) is 0. The molecule has 1 aromatic rings. The third-order valence-electron chi connectivity index (χ3n) is 3.62. The molecule has 0 saturated heterocycles. The molecular weight excluding hydrogens is 444 g/mol. The average Bonchev–Trinajstić information content (AvgIpc) is 2.45. The second kappa shape index (κ2) is 10.9. The zero-order valence-corrected chi connectivity index (χ0v) is 20.3. The van der Waals surface area contributed by atoms with Gasteiger partial charge in [0.2, 0.25) is 0 Å². The van der Waals surface area contributed by atoms with Gasteiger partial charge in [0.05, 0.1) is 6.16 Å². The third-order valence-corrected chi connectivity index (χ3v) is 4.37. The zero-order valence-electron chi connectivity index (χ0n) is 16.6. The Morgan fingerprint density at radius 2 is 1.85 bits per heavy atom. The van der Waals surface area contributed by atoms with Crippen molar-refractivity contribution in [3.8, 4) is 5.75 Å². The Morgan fingerprint density at radius 3 is 2.33 bits per heavy atom. The van der Waals surface area contributed by atoms with Crippen molar-refractivity contribution in [2.24, 2.45) is 0 Å². The van der Waals surface area contributed by atoms with Crippen molar-refractivity contribution in [3.63, 3.8) is 0 Å². The van der Waals surface area contributed by atoms with Crippen molar-refractivity contribution >= 4 is 13.6 Å². The monoisotopic (exact) mass is 472 g/mol. The van der Waals surface area contributed by atoms with E-state index >= 15 is 0 Å². The SMILES string of the molecule is C=C(C)C(=O)OC[CH-]COc1c(C)cc(C(C)(C)C)cc1CP(=O)(O)O.[Y+3]. The van der Waals surface area contributed by atoms with E-state index in [1.165, 1.54) is 0 Å². The molecule has 0 atom stereocenters. The number of benzene rings is 1. The number of hydrogen-bond donors (Lipinski definition) is 2. The van der Waals surface area contributed by atoms with Gasteiger partial charge in [-0.05, 0) is 43.6 Å². The quantitative estimate of drug-likeness (QED) is 0.197. The van der Waals surface area contributed by atoms with E-state index in [2.05, 4.69) is 6.58 Å². The third kappa shape index (κ3) is 9.49. The summed E-state index contributed by atoms with van der Waals surface area (Å²) < 4.78 is 22.2. The van der Waals surface area contributed by atoms with Crippen molar-refractivity contribution in [3.05, 3.63) is 47.4 Å². The van der Waals surface area contributed by atoms with E-state index in [-0.39, 0.29) is 51.3 Å². The summed E-state index contributed by atoms with van der Waals surface area (Å²) >= 11 is 0. The van der Waals surface area contributed by atoms with Gasteiger partial charge in [-0.1, -0.05) is 39.5 Å². The Hall–Kier alpha value is -0.516. The minimum absolute atomic E-state index is 0. The Balaban J connectivity index is 0.00000676. The molecule has 0 aliphatic rings. The van der Waals surface area contributed by atoms with E-state index in [9.17, 15) is 19.1 Å². The van der Waals surface area contributed by atoms with Crippen LogP contribution in [0.3, 0.4) is 0 Å².